The number of aryl methyl sites for hydroxylation is 1. The first-order valence-corrected chi connectivity index (χ1v) is 7.97. The van der Waals surface area contributed by atoms with Gasteiger partial charge in [0.05, 0.1) is 6.54 Å². The molecule has 114 valence electrons. The molecule has 1 amide bonds. The van der Waals surface area contributed by atoms with Crippen LogP contribution >= 0.6 is 0 Å². The molecule has 2 aliphatic rings. The number of carbonyl (C=O) groups excluding carboxylic acids is 1. The average molecular weight is 289 g/mol. The van der Waals surface area contributed by atoms with Gasteiger partial charge >= 0.3 is 0 Å². The van der Waals surface area contributed by atoms with Gasteiger partial charge in [0.2, 0.25) is 11.8 Å². The molecule has 3 rings (SSSR count). The molecule has 5 nitrogen and oxygen atoms in total. The molecule has 1 saturated carbocycles. The van der Waals surface area contributed by atoms with Crippen LogP contribution in [0.2, 0.25) is 0 Å². The molecule has 1 aliphatic carbocycles. The zero-order valence-electron chi connectivity index (χ0n) is 12.6. The Labute approximate surface area is 125 Å². The second kappa shape index (κ2) is 6.41. The van der Waals surface area contributed by atoms with Crippen molar-refractivity contribution in [1.29, 1.82) is 0 Å². The molecular weight excluding hydrogens is 266 g/mol. The van der Waals surface area contributed by atoms with E-state index in [0.717, 1.165) is 32.2 Å². The number of hydrogen-bond acceptors (Lipinski definition) is 4. The van der Waals surface area contributed by atoms with E-state index in [1.807, 2.05) is 11.8 Å². The molecule has 21 heavy (non-hydrogen) atoms. The number of likely N-dealkylation sites (tertiary alicyclic amines) is 1. The average Bonchev–Trinajstić information content (AvgIpc) is 3.01. The standard InChI is InChI=1S/C16H23N3O2/c1-12-17-9-8-15(18-12)21-14-7-4-10-19(11-14)16(20)13-5-2-3-6-13/h8-9,13-14H,2-7,10-11H2,1H3/t14-/m1/s1. The van der Waals surface area contributed by atoms with Gasteiger partial charge in [0.15, 0.2) is 0 Å². The van der Waals surface area contributed by atoms with Gasteiger partial charge in [-0.2, -0.15) is 4.98 Å². The summed E-state index contributed by atoms with van der Waals surface area (Å²) >= 11 is 0. The fraction of sp³-hybridized carbons (Fsp3) is 0.688. The van der Waals surface area contributed by atoms with Crippen molar-refractivity contribution < 1.29 is 9.53 Å². The summed E-state index contributed by atoms with van der Waals surface area (Å²) in [7, 11) is 0. The smallest absolute Gasteiger partial charge is 0.225 e. The van der Waals surface area contributed by atoms with E-state index in [0.29, 0.717) is 24.2 Å². The summed E-state index contributed by atoms with van der Waals surface area (Å²) in [5, 5.41) is 0. The van der Waals surface area contributed by atoms with Gasteiger partial charge in [0.25, 0.3) is 0 Å². The van der Waals surface area contributed by atoms with Gasteiger partial charge in [-0.25, -0.2) is 4.98 Å². The van der Waals surface area contributed by atoms with Gasteiger partial charge in [-0.15, -0.1) is 0 Å². The Morgan fingerprint density at radius 2 is 2.10 bits per heavy atom. The maximum Gasteiger partial charge on any atom is 0.225 e. The molecule has 0 aromatic carbocycles. The molecule has 0 radical (unpaired) electrons. The van der Waals surface area contributed by atoms with E-state index in [2.05, 4.69) is 9.97 Å². The van der Waals surface area contributed by atoms with Gasteiger partial charge in [0, 0.05) is 24.7 Å². The molecule has 2 heterocycles. The van der Waals surface area contributed by atoms with Crippen molar-refractivity contribution in [2.24, 2.45) is 5.92 Å². The van der Waals surface area contributed by atoms with Crippen LogP contribution < -0.4 is 4.74 Å². The van der Waals surface area contributed by atoms with Crippen molar-refractivity contribution in [3.8, 4) is 5.88 Å². The molecule has 1 aliphatic heterocycles. The highest BCUT2D eigenvalue weighted by Gasteiger charge is 2.31. The lowest BCUT2D eigenvalue weighted by atomic mass is 10.0. The third-order valence-corrected chi connectivity index (χ3v) is 4.43. The summed E-state index contributed by atoms with van der Waals surface area (Å²) in [5.41, 5.74) is 0. The number of aromatic nitrogens is 2. The summed E-state index contributed by atoms with van der Waals surface area (Å²) in [6.45, 7) is 3.42. The van der Waals surface area contributed by atoms with Gasteiger partial charge in [-0.3, -0.25) is 4.79 Å². The molecule has 1 aromatic rings. The normalized spacial score (nSPS) is 23.3. The molecule has 2 fully saturated rings. The van der Waals surface area contributed by atoms with Crippen LogP contribution in [-0.2, 0) is 4.79 Å². The van der Waals surface area contributed by atoms with Crippen molar-refractivity contribution in [3.05, 3.63) is 18.1 Å². The van der Waals surface area contributed by atoms with Gasteiger partial charge in [-0.1, -0.05) is 12.8 Å². The molecule has 1 saturated heterocycles. The second-order valence-electron chi connectivity index (χ2n) is 6.09. The van der Waals surface area contributed by atoms with E-state index in [9.17, 15) is 4.79 Å². The molecule has 0 unspecified atom stereocenters. The highest BCUT2D eigenvalue weighted by atomic mass is 16.5. The Balaban J connectivity index is 1.59. The number of rotatable bonds is 3. The SMILES string of the molecule is Cc1nccc(O[C@@H]2CCCN(C(=O)C3CCCC3)C2)n1. The molecule has 1 atom stereocenters. The summed E-state index contributed by atoms with van der Waals surface area (Å²) in [5.74, 6) is 1.91. The third kappa shape index (κ3) is 3.52. The lowest BCUT2D eigenvalue weighted by Gasteiger charge is -2.34. The number of hydrogen-bond donors (Lipinski definition) is 0. The quantitative estimate of drug-likeness (QED) is 0.857. The number of piperidine rings is 1. The van der Waals surface area contributed by atoms with E-state index >= 15 is 0 Å². The van der Waals surface area contributed by atoms with Crippen LogP contribution in [0.5, 0.6) is 5.88 Å². The number of ether oxygens (including phenoxy) is 1. The van der Waals surface area contributed by atoms with Gasteiger partial charge < -0.3 is 9.64 Å². The summed E-state index contributed by atoms with van der Waals surface area (Å²) in [4.78, 5) is 22.8. The molecular formula is C16H23N3O2. The second-order valence-corrected chi connectivity index (χ2v) is 6.09. The number of nitrogens with zero attached hydrogens (tertiary/aromatic N) is 3. The van der Waals surface area contributed by atoms with Crippen molar-refractivity contribution in [2.75, 3.05) is 13.1 Å². The zero-order valence-corrected chi connectivity index (χ0v) is 12.6. The Morgan fingerprint density at radius 1 is 1.29 bits per heavy atom. The Kier molecular flexibility index (Phi) is 4.36. The molecule has 0 spiro atoms. The maximum atomic E-state index is 12.5. The lowest BCUT2D eigenvalue weighted by Crippen LogP contribution is -2.46. The fourth-order valence-electron chi connectivity index (χ4n) is 3.34. The van der Waals surface area contributed by atoms with Crippen LogP contribution in [0.3, 0.4) is 0 Å². The fourth-order valence-corrected chi connectivity index (χ4v) is 3.34. The van der Waals surface area contributed by atoms with Crippen LogP contribution in [0, 0.1) is 12.8 Å². The van der Waals surface area contributed by atoms with Crippen molar-refractivity contribution in [3.63, 3.8) is 0 Å². The highest BCUT2D eigenvalue weighted by molar-refractivity contribution is 5.79. The molecule has 0 N–H and O–H groups in total. The Hall–Kier alpha value is -1.65. The summed E-state index contributed by atoms with van der Waals surface area (Å²) in [6.07, 6.45) is 8.28. The predicted octanol–water partition coefficient (Wildman–Crippen LogP) is 2.35. The van der Waals surface area contributed by atoms with Gasteiger partial charge in [0.1, 0.15) is 11.9 Å². The van der Waals surface area contributed by atoms with E-state index in [-0.39, 0.29) is 12.0 Å². The summed E-state index contributed by atoms with van der Waals surface area (Å²) < 4.78 is 5.93. The summed E-state index contributed by atoms with van der Waals surface area (Å²) in [6, 6.07) is 1.78. The van der Waals surface area contributed by atoms with E-state index in [4.69, 9.17) is 4.74 Å². The lowest BCUT2D eigenvalue weighted by molar-refractivity contribution is -0.138. The van der Waals surface area contributed by atoms with E-state index < -0.39 is 0 Å². The van der Waals surface area contributed by atoms with Crippen LogP contribution in [-0.4, -0.2) is 40.0 Å². The van der Waals surface area contributed by atoms with E-state index in [1.165, 1.54) is 12.8 Å². The van der Waals surface area contributed by atoms with Crippen LogP contribution in [0.15, 0.2) is 12.3 Å². The minimum Gasteiger partial charge on any atom is -0.472 e. The van der Waals surface area contributed by atoms with Gasteiger partial charge in [-0.05, 0) is 32.6 Å². The Bertz CT molecular complexity index is 500. The van der Waals surface area contributed by atoms with Crippen molar-refractivity contribution >= 4 is 5.91 Å². The third-order valence-electron chi connectivity index (χ3n) is 4.43. The van der Waals surface area contributed by atoms with Crippen LogP contribution in [0.25, 0.3) is 0 Å². The Morgan fingerprint density at radius 3 is 2.86 bits per heavy atom. The predicted molar refractivity (Wildman–Crippen MR) is 79.0 cm³/mol. The number of carbonyl (C=O) groups is 1. The van der Waals surface area contributed by atoms with Crippen LogP contribution in [0.4, 0.5) is 0 Å². The zero-order chi connectivity index (χ0) is 14.7. The minimum absolute atomic E-state index is 0.0541. The first-order valence-electron chi connectivity index (χ1n) is 7.97. The van der Waals surface area contributed by atoms with Crippen molar-refractivity contribution in [1.82, 2.24) is 14.9 Å². The van der Waals surface area contributed by atoms with Crippen LogP contribution in [0.1, 0.15) is 44.3 Å². The molecule has 0 bridgehead atoms. The first kappa shape index (κ1) is 14.3. The molecule has 1 aromatic heterocycles. The monoisotopic (exact) mass is 289 g/mol. The van der Waals surface area contributed by atoms with Crippen molar-refractivity contribution in [2.45, 2.75) is 51.6 Å². The van der Waals surface area contributed by atoms with E-state index in [1.54, 1.807) is 12.3 Å². The largest absolute Gasteiger partial charge is 0.472 e. The number of amides is 1. The molecule has 5 heteroatoms. The maximum absolute atomic E-state index is 12.5. The highest BCUT2D eigenvalue weighted by Crippen LogP contribution is 2.28. The minimum atomic E-state index is 0.0541. The topological polar surface area (TPSA) is 55.3 Å². The first-order chi connectivity index (χ1) is 10.2.